The van der Waals surface area contributed by atoms with Crippen LogP contribution in [-0.2, 0) is 9.59 Å². The van der Waals surface area contributed by atoms with Crippen molar-refractivity contribution in [1.82, 2.24) is 0 Å². The second-order valence-corrected chi connectivity index (χ2v) is 3.95. The molecule has 104 valence electrons. The number of carboxylic acids is 1. The number of para-hydroxylation sites is 1. The van der Waals surface area contributed by atoms with Crippen molar-refractivity contribution in [2.75, 3.05) is 4.90 Å². The van der Waals surface area contributed by atoms with E-state index in [1.807, 2.05) is 0 Å². The normalized spacial score (nSPS) is 12.2. The lowest BCUT2D eigenvalue weighted by Gasteiger charge is -2.30. The van der Waals surface area contributed by atoms with Gasteiger partial charge in [0.2, 0.25) is 5.91 Å². The Labute approximate surface area is 109 Å². The topological polar surface area (TPSA) is 57.6 Å². The lowest BCUT2D eigenvalue weighted by molar-refractivity contribution is -0.138. The quantitative estimate of drug-likeness (QED) is 0.865. The molecule has 0 bridgehead atoms. The number of benzene rings is 1. The van der Waals surface area contributed by atoms with Crippen molar-refractivity contribution in [3.8, 4) is 0 Å². The fourth-order valence-corrected chi connectivity index (χ4v) is 1.75. The molecule has 1 amide bonds. The molecule has 0 saturated carbocycles. The minimum Gasteiger partial charge on any atom is -0.481 e. The Balaban J connectivity index is 3.14. The van der Waals surface area contributed by atoms with Crippen molar-refractivity contribution in [1.29, 1.82) is 0 Å². The molecule has 0 saturated heterocycles. The molecular weight excluding hydrogens is 256 g/mol. The van der Waals surface area contributed by atoms with Gasteiger partial charge >= 0.3 is 5.97 Å². The standard InChI is InChI=1S/C13H15F2NO3/c1-2-11(17)16(9-6-4-3-5-7-9)10(13(14)15)8-12(18)19/h3-7,10,13H,2,8H2,1H3,(H,18,19). The smallest absolute Gasteiger partial charge is 0.305 e. The summed E-state index contributed by atoms with van der Waals surface area (Å²) in [5.41, 5.74) is 0.279. The second kappa shape index (κ2) is 6.82. The molecule has 0 aromatic heterocycles. The molecule has 1 unspecified atom stereocenters. The predicted molar refractivity (Wildman–Crippen MR) is 66.3 cm³/mol. The first-order valence-electron chi connectivity index (χ1n) is 5.84. The Morgan fingerprint density at radius 1 is 1.26 bits per heavy atom. The van der Waals surface area contributed by atoms with Crippen LogP contribution in [0.1, 0.15) is 19.8 Å². The number of anilines is 1. The van der Waals surface area contributed by atoms with Gasteiger partial charge in [0.15, 0.2) is 0 Å². The summed E-state index contributed by atoms with van der Waals surface area (Å²) < 4.78 is 26.1. The van der Waals surface area contributed by atoms with Gasteiger partial charge in [-0.3, -0.25) is 9.59 Å². The number of hydrogen-bond acceptors (Lipinski definition) is 2. The Hall–Kier alpha value is -1.98. The zero-order valence-corrected chi connectivity index (χ0v) is 10.4. The second-order valence-electron chi connectivity index (χ2n) is 3.95. The average Bonchev–Trinajstić information content (AvgIpc) is 2.38. The van der Waals surface area contributed by atoms with E-state index >= 15 is 0 Å². The maximum absolute atomic E-state index is 13.0. The van der Waals surface area contributed by atoms with Crippen LogP contribution in [0.4, 0.5) is 14.5 Å². The van der Waals surface area contributed by atoms with Crippen molar-refractivity contribution in [3.63, 3.8) is 0 Å². The minimum absolute atomic E-state index is 0.0255. The third kappa shape index (κ3) is 4.01. The van der Waals surface area contributed by atoms with Crippen LogP contribution in [0.25, 0.3) is 0 Å². The Morgan fingerprint density at radius 3 is 2.26 bits per heavy atom. The zero-order valence-electron chi connectivity index (χ0n) is 10.4. The molecule has 6 heteroatoms. The molecule has 1 aromatic carbocycles. The van der Waals surface area contributed by atoms with E-state index in [1.54, 1.807) is 25.1 Å². The number of rotatable bonds is 6. The number of nitrogens with zero attached hydrogens (tertiary/aromatic N) is 1. The molecule has 1 aromatic rings. The van der Waals surface area contributed by atoms with E-state index in [4.69, 9.17) is 5.11 Å². The third-order valence-electron chi connectivity index (χ3n) is 2.61. The lowest BCUT2D eigenvalue weighted by Crippen LogP contribution is -2.45. The van der Waals surface area contributed by atoms with Gasteiger partial charge in [0.1, 0.15) is 6.04 Å². The van der Waals surface area contributed by atoms with Gasteiger partial charge in [-0.05, 0) is 12.1 Å². The number of amides is 1. The summed E-state index contributed by atoms with van der Waals surface area (Å²) in [6.45, 7) is 1.54. The van der Waals surface area contributed by atoms with Crippen molar-refractivity contribution in [3.05, 3.63) is 30.3 Å². The van der Waals surface area contributed by atoms with Gasteiger partial charge in [-0.25, -0.2) is 8.78 Å². The van der Waals surface area contributed by atoms with Gasteiger partial charge < -0.3 is 10.0 Å². The number of alkyl halides is 2. The van der Waals surface area contributed by atoms with E-state index in [-0.39, 0.29) is 12.1 Å². The Bertz CT molecular complexity index is 437. The fourth-order valence-electron chi connectivity index (χ4n) is 1.75. The van der Waals surface area contributed by atoms with Crippen LogP contribution in [0.5, 0.6) is 0 Å². The van der Waals surface area contributed by atoms with E-state index < -0.39 is 30.8 Å². The van der Waals surface area contributed by atoms with Gasteiger partial charge in [-0.1, -0.05) is 25.1 Å². The molecule has 0 radical (unpaired) electrons. The Kier molecular flexibility index (Phi) is 5.41. The van der Waals surface area contributed by atoms with Gasteiger partial charge in [0, 0.05) is 12.1 Å². The van der Waals surface area contributed by atoms with Gasteiger partial charge in [-0.15, -0.1) is 0 Å². The highest BCUT2D eigenvalue weighted by Gasteiger charge is 2.33. The molecular formula is C13H15F2NO3. The summed E-state index contributed by atoms with van der Waals surface area (Å²) >= 11 is 0. The van der Waals surface area contributed by atoms with Gasteiger partial charge in [-0.2, -0.15) is 0 Å². The number of carboxylic acid groups (broad SMARTS) is 1. The first-order chi connectivity index (χ1) is 8.97. The molecule has 0 aliphatic carbocycles. The van der Waals surface area contributed by atoms with Crippen LogP contribution < -0.4 is 4.90 Å². The summed E-state index contributed by atoms with van der Waals surface area (Å²) in [5.74, 6) is -1.90. The molecule has 0 heterocycles. The highest BCUT2D eigenvalue weighted by molar-refractivity contribution is 5.94. The maximum atomic E-state index is 13.0. The number of hydrogen-bond donors (Lipinski definition) is 1. The van der Waals surface area contributed by atoms with Gasteiger partial charge in [0.05, 0.1) is 6.42 Å². The van der Waals surface area contributed by atoms with E-state index in [9.17, 15) is 18.4 Å². The summed E-state index contributed by atoms with van der Waals surface area (Å²) in [7, 11) is 0. The molecule has 0 aliphatic heterocycles. The Morgan fingerprint density at radius 2 is 1.84 bits per heavy atom. The molecule has 1 N–H and O–H groups in total. The molecule has 0 spiro atoms. The van der Waals surface area contributed by atoms with E-state index in [0.29, 0.717) is 0 Å². The van der Waals surface area contributed by atoms with Gasteiger partial charge in [0.25, 0.3) is 6.43 Å². The third-order valence-corrected chi connectivity index (χ3v) is 2.61. The fraction of sp³-hybridized carbons (Fsp3) is 0.385. The monoisotopic (exact) mass is 271 g/mol. The molecule has 1 rings (SSSR count). The van der Waals surface area contributed by atoms with Crippen molar-refractivity contribution in [2.24, 2.45) is 0 Å². The number of aliphatic carboxylic acids is 1. The van der Waals surface area contributed by atoms with Crippen LogP contribution in [0, 0.1) is 0 Å². The largest absolute Gasteiger partial charge is 0.481 e. The van der Waals surface area contributed by atoms with Crippen LogP contribution in [0.15, 0.2) is 30.3 Å². The summed E-state index contributed by atoms with van der Waals surface area (Å²) in [6, 6.07) is 6.25. The SMILES string of the molecule is CCC(=O)N(c1ccccc1)C(CC(=O)O)C(F)F. The summed E-state index contributed by atoms with van der Waals surface area (Å²) in [5, 5.41) is 8.71. The maximum Gasteiger partial charge on any atom is 0.305 e. The first kappa shape index (κ1) is 15.1. The molecule has 0 fully saturated rings. The molecule has 0 aliphatic rings. The van der Waals surface area contributed by atoms with Crippen LogP contribution in [0.2, 0.25) is 0 Å². The van der Waals surface area contributed by atoms with Crippen molar-refractivity contribution < 1.29 is 23.5 Å². The van der Waals surface area contributed by atoms with Crippen LogP contribution in [-0.4, -0.2) is 29.5 Å². The molecule has 4 nitrogen and oxygen atoms in total. The highest BCUT2D eigenvalue weighted by atomic mass is 19.3. The zero-order chi connectivity index (χ0) is 14.4. The highest BCUT2D eigenvalue weighted by Crippen LogP contribution is 2.23. The van der Waals surface area contributed by atoms with E-state index in [1.165, 1.54) is 12.1 Å². The van der Waals surface area contributed by atoms with Crippen LogP contribution >= 0.6 is 0 Å². The van der Waals surface area contributed by atoms with Crippen molar-refractivity contribution in [2.45, 2.75) is 32.2 Å². The minimum atomic E-state index is -2.92. The number of carbonyl (C=O) groups excluding carboxylic acids is 1. The molecule has 19 heavy (non-hydrogen) atoms. The number of carbonyl (C=O) groups is 2. The van der Waals surface area contributed by atoms with E-state index in [0.717, 1.165) is 4.90 Å². The van der Waals surface area contributed by atoms with E-state index in [2.05, 4.69) is 0 Å². The molecule has 1 atom stereocenters. The first-order valence-corrected chi connectivity index (χ1v) is 5.84. The van der Waals surface area contributed by atoms with Crippen LogP contribution in [0.3, 0.4) is 0 Å². The lowest BCUT2D eigenvalue weighted by atomic mass is 10.1. The average molecular weight is 271 g/mol. The predicted octanol–water partition coefficient (Wildman–Crippen LogP) is 2.54. The summed E-state index contributed by atoms with van der Waals surface area (Å²) in [4.78, 5) is 23.4. The summed E-state index contributed by atoms with van der Waals surface area (Å²) in [6.07, 6.45) is -3.69. The van der Waals surface area contributed by atoms with Crippen molar-refractivity contribution >= 4 is 17.6 Å². The number of halogens is 2.